The molecule has 1 aromatic carbocycles. The molecule has 0 saturated carbocycles. The van der Waals surface area contributed by atoms with Gasteiger partial charge in [-0.1, -0.05) is 12.1 Å². The van der Waals surface area contributed by atoms with Crippen LogP contribution in [0.4, 0.5) is 11.4 Å². The molecule has 0 bridgehead atoms. The number of carbonyl (C=O) groups excluding carboxylic acids is 2. The van der Waals surface area contributed by atoms with E-state index in [2.05, 4.69) is 10.6 Å². The number of amides is 2. The van der Waals surface area contributed by atoms with E-state index in [0.29, 0.717) is 6.42 Å². The molecule has 1 atom stereocenters. The number of benzene rings is 1. The van der Waals surface area contributed by atoms with Crippen molar-refractivity contribution in [3.8, 4) is 0 Å². The van der Waals surface area contributed by atoms with E-state index in [4.69, 9.17) is 0 Å². The Morgan fingerprint density at radius 1 is 1.33 bits per heavy atom. The van der Waals surface area contributed by atoms with Gasteiger partial charge in [0.05, 0.1) is 4.92 Å². The van der Waals surface area contributed by atoms with Crippen LogP contribution in [0.5, 0.6) is 0 Å². The number of para-hydroxylation sites is 2. The molecule has 7 nitrogen and oxygen atoms in total. The average molecular weight is 249 g/mol. The lowest BCUT2D eigenvalue weighted by Gasteiger charge is -2.22. The molecule has 1 heterocycles. The van der Waals surface area contributed by atoms with Crippen molar-refractivity contribution in [3.05, 3.63) is 34.4 Å². The van der Waals surface area contributed by atoms with Gasteiger partial charge in [0, 0.05) is 12.5 Å². The summed E-state index contributed by atoms with van der Waals surface area (Å²) >= 11 is 0. The topological polar surface area (TPSA) is 101 Å². The van der Waals surface area contributed by atoms with E-state index in [9.17, 15) is 19.7 Å². The van der Waals surface area contributed by atoms with Gasteiger partial charge in [0.15, 0.2) is 0 Å². The van der Waals surface area contributed by atoms with Crippen LogP contribution in [0.15, 0.2) is 24.3 Å². The first kappa shape index (κ1) is 12.0. The minimum absolute atomic E-state index is 0.0952. The largest absolute Gasteiger partial charge is 0.368 e. The molecular weight excluding hydrogens is 238 g/mol. The number of nitrogens with one attached hydrogen (secondary N) is 2. The number of nitro benzene ring substituents is 1. The second-order valence-electron chi connectivity index (χ2n) is 3.92. The highest BCUT2D eigenvalue weighted by Crippen LogP contribution is 2.25. The SMILES string of the molecule is O=C1CCC(Nc2ccccc2[N+](=O)[O-])C(=O)N1. The van der Waals surface area contributed by atoms with Crippen molar-refractivity contribution in [2.45, 2.75) is 18.9 Å². The van der Waals surface area contributed by atoms with Crippen molar-refractivity contribution in [1.82, 2.24) is 5.32 Å². The monoisotopic (exact) mass is 249 g/mol. The number of hydrogen-bond donors (Lipinski definition) is 2. The fraction of sp³-hybridized carbons (Fsp3) is 0.273. The van der Waals surface area contributed by atoms with E-state index >= 15 is 0 Å². The maximum atomic E-state index is 11.5. The molecule has 0 radical (unpaired) electrons. The lowest BCUT2D eigenvalue weighted by molar-refractivity contribution is -0.384. The van der Waals surface area contributed by atoms with Gasteiger partial charge in [0.1, 0.15) is 11.7 Å². The third-order valence-corrected chi connectivity index (χ3v) is 2.67. The number of imide groups is 1. The summed E-state index contributed by atoms with van der Waals surface area (Å²) in [6.45, 7) is 0. The third-order valence-electron chi connectivity index (χ3n) is 2.67. The van der Waals surface area contributed by atoms with E-state index in [-0.39, 0.29) is 23.7 Å². The lowest BCUT2D eigenvalue weighted by Crippen LogP contribution is -2.47. The summed E-state index contributed by atoms with van der Waals surface area (Å²) in [6.07, 6.45) is 0.556. The van der Waals surface area contributed by atoms with Crippen LogP contribution in [0.1, 0.15) is 12.8 Å². The highest BCUT2D eigenvalue weighted by Gasteiger charge is 2.28. The van der Waals surface area contributed by atoms with Crippen LogP contribution < -0.4 is 10.6 Å². The first-order valence-corrected chi connectivity index (χ1v) is 5.41. The number of hydrogen-bond acceptors (Lipinski definition) is 5. The minimum atomic E-state index is -0.621. The first-order valence-electron chi connectivity index (χ1n) is 5.41. The fourth-order valence-corrected chi connectivity index (χ4v) is 1.77. The second kappa shape index (κ2) is 4.82. The summed E-state index contributed by atoms with van der Waals surface area (Å²) < 4.78 is 0. The zero-order chi connectivity index (χ0) is 13.1. The summed E-state index contributed by atoms with van der Waals surface area (Å²) in [5.41, 5.74) is 0.180. The van der Waals surface area contributed by atoms with E-state index in [1.807, 2.05) is 0 Å². The van der Waals surface area contributed by atoms with Crippen molar-refractivity contribution in [1.29, 1.82) is 0 Å². The van der Waals surface area contributed by atoms with Gasteiger partial charge in [-0.3, -0.25) is 25.0 Å². The molecule has 1 unspecified atom stereocenters. The van der Waals surface area contributed by atoms with Crippen LogP contribution in [0.25, 0.3) is 0 Å². The molecule has 1 aliphatic heterocycles. The summed E-state index contributed by atoms with van der Waals surface area (Å²) in [7, 11) is 0. The van der Waals surface area contributed by atoms with Gasteiger partial charge < -0.3 is 5.32 Å². The number of anilines is 1. The Labute approximate surface area is 102 Å². The maximum Gasteiger partial charge on any atom is 0.292 e. The third kappa shape index (κ3) is 2.45. The van der Waals surface area contributed by atoms with Crippen molar-refractivity contribution in [3.63, 3.8) is 0 Å². The first-order chi connectivity index (χ1) is 8.58. The Kier molecular flexibility index (Phi) is 3.22. The van der Waals surface area contributed by atoms with Crippen molar-refractivity contribution >= 4 is 23.2 Å². The molecule has 1 fully saturated rings. The number of nitro groups is 1. The highest BCUT2D eigenvalue weighted by atomic mass is 16.6. The summed E-state index contributed by atoms with van der Waals surface area (Å²) in [5, 5.41) is 15.8. The van der Waals surface area contributed by atoms with Crippen LogP contribution in [-0.2, 0) is 9.59 Å². The summed E-state index contributed by atoms with van der Waals surface area (Å²) in [4.78, 5) is 32.8. The van der Waals surface area contributed by atoms with Crippen molar-refractivity contribution in [2.24, 2.45) is 0 Å². The molecule has 1 saturated heterocycles. The van der Waals surface area contributed by atoms with Crippen LogP contribution in [0.2, 0.25) is 0 Å². The lowest BCUT2D eigenvalue weighted by atomic mass is 10.1. The zero-order valence-electron chi connectivity index (χ0n) is 9.38. The van der Waals surface area contributed by atoms with E-state index in [0.717, 1.165) is 0 Å². The van der Waals surface area contributed by atoms with Gasteiger partial charge in [-0.2, -0.15) is 0 Å². The molecule has 1 aliphatic rings. The predicted octanol–water partition coefficient (Wildman–Crippen LogP) is 0.812. The smallest absolute Gasteiger partial charge is 0.292 e. The normalized spacial score (nSPS) is 19.2. The number of rotatable bonds is 3. The van der Waals surface area contributed by atoms with Gasteiger partial charge in [-0.25, -0.2) is 0 Å². The standard InChI is InChI=1S/C11H11N3O4/c15-10-6-5-8(11(16)13-10)12-7-3-1-2-4-9(7)14(17)18/h1-4,8,12H,5-6H2,(H,13,15,16). The van der Waals surface area contributed by atoms with Gasteiger partial charge in [0.2, 0.25) is 11.8 Å². The van der Waals surface area contributed by atoms with Crippen LogP contribution in [0.3, 0.4) is 0 Å². The molecule has 0 aliphatic carbocycles. The molecule has 0 spiro atoms. The predicted molar refractivity (Wildman–Crippen MR) is 62.9 cm³/mol. The number of nitrogens with zero attached hydrogens (tertiary/aromatic N) is 1. The van der Waals surface area contributed by atoms with E-state index < -0.39 is 16.9 Å². The maximum absolute atomic E-state index is 11.5. The van der Waals surface area contributed by atoms with Crippen LogP contribution in [0, 0.1) is 10.1 Å². The molecule has 1 aromatic rings. The average Bonchev–Trinajstić information content (AvgIpc) is 2.33. The highest BCUT2D eigenvalue weighted by molar-refractivity contribution is 6.01. The quantitative estimate of drug-likeness (QED) is 0.469. The van der Waals surface area contributed by atoms with Gasteiger partial charge in [0.25, 0.3) is 5.69 Å². The summed E-state index contributed by atoms with van der Waals surface area (Å²) in [5.74, 6) is -0.773. The van der Waals surface area contributed by atoms with E-state index in [1.54, 1.807) is 12.1 Å². The molecular formula is C11H11N3O4. The van der Waals surface area contributed by atoms with Crippen LogP contribution >= 0.6 is 0 Å². The molecule has 2 N–H and O–H groups in total. The molecule has 0 aromatic heterocycles. The van der Waals surface area contributed by atoms with E-state index in [1.165, 1.54) is 12.1 Å². The molecule has 7 heteroatoms. The Balaban J connectivity index is 2.17. The summed E-state index contributed by atoms with van der Waals surface area (Å²) in [6, 6.07) is 5.45. The molecule has 94 valence electrons. The van der Waals surface area contributed by atoms with Crippen molar-refractivity contribution < 1.29 is 14.5 Å². The Bertz CT molecular complexity index is 515. The Morgan fingerprint density at radius 2 is 2.06 bits per heavy atom. The molecule has 2 rings (SSSR count). The molecule has 18 heavy (non-hydrogen) atoms. The second-order valence-corrected chi connectivity index (χ2v) is 3.92. The van der Waals surface area contributed by atoms with Crippen LogP contribution in [-0.4, -0.2) is 22.8 Å². The number of piperidine rings is 1. The zero-order valence-corrected chi connectivity index (χ0v) is 9.38. The number of carbonyl (C=O) groups is 2. The molecule has 2 amide bonds. The van der Waals surface area contributed by atoms with Gasteiger partial charge >= 0.3 is 0 Å². The minimum Gasteiger partial charge on any atom is -0.368 e. The van der Waals surface area contributed by atoms with Crippen molar-refractivity contribution in [2.75, 3.05) is 5.32 Å². The van der Waals surface area contributed by atoms with Gasteiger partial charge in [-0.05, 0) is 12.5 Å². The fourth-order valence-electron chi connectivity index (χ4n) is 1.77. The Hall–Kier alpha value is -2.44. The Morgan fingerprint density at radius 3 is 2.72 bits per heavy atom. The van der Waals surface area contributed by atoms with Gasteiger partial charge in [-0.15, -0.1) is 0 Å².